The second-order valence-electron chi connectivity index (χ2n) is 4.60. The Balaban J connectivity index is 2.87. The largest absolute Gasteiger partial charge is 0.333 e. The second-order valence-corrected chi connectivity index (χ2v) is 4.60. The standard InChI is InChI=1S/C15H20N2O2/c1-5-10-17(11(2)3)15(19)13-6-8-14(9-7-13)16-12(4)18/h5-9,11H,1,10H2,2-4H3,(H,16,18). The van der Waals surface area contributed by atoms with Crippen molar-refractivity contribution in [1.29, 1.82) is 0 Å². The van der Waals surface area contributed by atoms with Crippen molar-refractivity contribution < 1.29 is 9.59 Å². The number of carbonyl (C=O) groups excluding carboxylic acids is 2. The van der Waals surface area contributed by atoms with Crippen molar-refractivity contribution in [3.05, 3.63) is 42.5 Å². The van der Waals surface area contributed by atoms with Gasteiger partial charge in [-0.15, -0.1) is 6.58 Å². The van der Waals surface area contributed by atoms with E-state index in [1.54, 1.807) is 35.2 Å². The molecule has 0 heterocycles. The van der Waals surface area contributed by atoms with Crippen LogP contribution >= 0.6 is 0 Å². The molecule has 0 atom stereocenters. The summed E-state index contributed by atoms with van der Waals surface area (Å²) in [6, 6.07) is 6.99. The quantitative estimate of drug-likeness (QED) is 0.827. The third-order valence-electron chi connectivity index (χ3n) is 2.66. The molecule has 0 saturated carbocycles. The minimum absolute atomic E-state index is 0.0377. The zero-order valence-corrected chi connectivity index (χ0v) is 11.6. The first-order valence-electron chi connectivity index (χ1n) is 6.25. The van der Waals surface area contributed by atoms with Crippen molar-refractivity contribution in [2.75, 3.05) is 11.9 Å². The SMILES string of the molecule is C=CCN(C(=O)c1ccc(NC(C)=O)cc1)C(C)C. The Morgan fingerprint density at radius 3 is 2.32 bits per heavy atom. The fourth-order valence-corrected chi connectivity index (χ4v) is 1.73. The molecule has 0 aliphatic carbocycles. The number of hydrogen-bond acceptors (Lipinski definition) is 2. The molecule has 0 bridgehead atoms. The number of benzene rings is 1. The van der Waals surface area contributed by atoms with Crippen LogP contribution in [0.2, 0.25) is 0 Å². The predicted molar refractivity (Wildman–Crippen MR) is 77.1 cm³/mol. The van der Waals surface area contributed by atoms with Crippen molar-refractivity contribution in [3.8, 4) is 0 Å². The lowest BCUT2D eigenvalue weighted by Gasteiger charge is -2.25. The molecule has 1 aromatic carbocycles. The maximum Gasteiger partial charge on any atom is 0.254 e. The number of nitrogens with one attached hydrogen (secondary N) is 1. The summed E-state index contributed by atoms with van der Waals surface area (Å²) in [5.41, 5.74) is 1.29. The molecule has 0 spiro atoms. The first kappa shape index (κ1) is 15.0. The van der Waals surface area contributed by atoms with Gasteiger partial charge in [-0.3, -0.25) is 9.59 Å². The molecular weight excluding hydrogens is 240 g/mol. The Morgan fingerprint density at radius 2 is 1.89 bits per heavy atom. The lowest BCUT2D eigenvalue weighted by Crippen LogP contribution is -2.37. The van der Waals surface area contributed by atoms with Gasteiger partial charge in [-0.25, -0.2) is 0 Å². The van der Waals surface area contributed by atoms with Crippen molar-refractivity contribution in [3.63, 3.8) is 0 Å². The normalized spacial score (nSPS) is 10.1. The molecule has 4 nitrogen and oxygen atoms in total. The van der Waals surface area contributed by atoms with Crippen LogP contribution in [0.3, 0.4) is 0 Å². The van der Waals surface area contributed by atoms with Gasteiger partial charge in [-0.2, -0.15) is 0 Å². The van der Waals surface area contributed by atoms with Crippen LogP contribution in [0.25, 0.3) is 0 Å². The Labute approximate surface area is 114 Å². The van der Waals surface area contributed by atoms with Gasteiger partial charge in [0.15, 0.2) is 0 Å². The molecule has 2 amide bonds. The van der Waals surface area contributed by atoms with Gasteiger partial charge in [0, 0.05) is 30.8 Å². The van der Waals surface area contributed by atoms with E-state index in [4.69, 9.17) is 0 Å². The van der Waals surface area contributed by atoms with E-state index in [1.165, 1.54) is 6.92 Å². The van der Waals surface area contributed by atoms with E-state index >= 15 is 0 Å². The van der Waals surface area contributed by atoms with E-state index in [-0.39, 0.29) is 17.9 Å². The zero-order chi connectivity index (χ0) is 14.4. The lowest BCUT2D eigenvalue weighted by molar-refractivity contribution is -0.114. The van der Waals surface area contributed by atoms with Crippen LogP contribution in [-0.4, -0.2) is 29.3 Å². The van der Waals surface area contributed by atoms with Crippen LogP contribution in [0.4, 0.5) is 5.69 Å². The topological polar surface area (TPSA) is 49.4 Å². The van der Waals surface area contributed by atoms with E-state index in [9.17, 15) is 9.59 Å². The van der Waals surface area contributed by atoms with Crippen molar-refractivity contribution >= 4 is 17.5 Å². The second kappa shape index (κ2) is 6.73. The minimum atomic E-state index is -0.130. The van der Waals surface area contributed by atoms with E-state index < -0.39 is 0 Å². The van der Waals surface area contributed by atoms with Gasteiger partial charge < -0.3 is 10.2 Å². The first-order chi connectivity index (χ1) is 8.95. The van der Waals surface area contributed by atoms with Crippen LogP contribution in [-0.2, 0) is 4.79 Å². The summed E-state index contributed by atoms with van der Waals surface area (Å²) in [6.07, 6.45) is 1.71. The van der Waals surface area contributed by atoms with Crippen LogP contribution in [0, 0.1) is 0 Å². The molecule has 19 heavy (non-hydrogen) atoms. The van der Waals surface area contributed by atoms with Gasteiger partial charge in [-0.1, -0.05) is 6.08 Å². The molecule has 1 N–H and O–H groups in total. The summed E-state index contributed by atoms with van der Waals surface area (Å²) in [5.74, 6) is -0.168. The van der Waals surface area contributed by atoms with Crippen LogP contribution in [0.15, 0.2) is 36.9 Å². The molecular formula is C15H20N2O2. The fraction of sp³-hybridized carbons (Fsp3) is 0.333. The lowest BCUT2D eigenvalue weighted by atomic mass is 10.1. The van der Waals surface area contributed by atoms with Gasteiger partial charge in [0.05, 0.1) is 0 Å². The molecule has 0 fully saturated rings. The molecule has 0 unspecified atom stereocenters. The van der Waals surface area contributed by atoms with Crippen LogP contribution in [0.1, 0.15) is 31.1 Å². The zero-order valence-electron chi connectivity index (χ0n) is 11.6. The summed E-state index contributed by atoms with van der Waals surface area (Å²) in [6.45, 7) is 9.56. The Morgan fingerprint density at radius 1 is 1.32 bits per heavy atom. The molecule has 1 rings (SSSR count). The molecule has 1 aromatic rings. The Hall–Kier alpha value is -2.10. The molecule has 0 radical (unpaired) electrons. The number of carbonyl (C=O) groups is 2. The van der Waals surface area contributed by atoms with Gasteiger partial charge >= 0.3 is 0 Å². The minimum Gasteiger partial charge on any atom is -0.333 e. The van der Waals surface area contributed by atoms with E-state index in [2.05, 4.69) is 11.9 Å². The first-order valence-corrected chi connectivity index (χ1v) is 6.25. The third-order valence-corrected chi connectivity index (χ3v) is 2.66. The summed E-state index contributed by atoms with van der Waals surface area (Å²) >= 11 is 0. The Kier molecular flexibility index (Phi) is 5.30. The van der Waals surface area contributed by atoms with Crippen molar-refractivity contribution in [1.82, 2.24) is 4.90 Å². The maximum absolute atomic E-state index is 12.3. The monoisotopic (exact) mass is 260 g/mol. The smallest absolute Gasteiger partial charge is 0.254 e. The number of rotatable bonds is 5. The summed E-state index contributed by atoms with van der Waals surface area (Å²) in [5, 5.41) is 2.67. The average molecular weight is 260 g/mol. The molecule has 0 aliphatic heterocycles. The summed E-state index contributed by atoms with van der Waals surface area (Å²) in [4.78, 5) is 25.0. The number of amides is 2. The average Bonchev–Trinajstić information content (AvgIpc) is 2.35. The van der Waals surface area contributed by atoms with Gasteiger partial charge in [0.2, 0.25) is 5.91 Å². The van der Waals surface area contributed by atoms with Crippen LogP contribution < -0.4 is 5.32 Å². The molecule has 0 saturated heterocycles. The maximum atomic E-state index is 12.3. The van der Waals surface area contributed by atoms with Gasteiger partial charge in [0.25, 0.3) is 5.91 Å². The highest BCUT2D eigenvalue weighted by atomic mass is 16.2. The highest BCUT2D eigenvalue weighted by Crippen LogP contribution is 2.13. The van der Waals surface area contributed by atoms with Gasteiger partial charge in [0.1, 0.15) is 0 Å². The number of anilines is 1. The van der Waals surface area contributed by atoms with E-state index in [0.29, 0.717) is 17.8 Å². The molecule has 0 aliphatic rings. The molecule has 4 heteroatoms. The fourth-order valence-electron chi connectivity index (χ4n) is 1.73. The van der Waals surface area contributed by atoms with E-state index in [1.807, 2.05) is 13.8 Å². The number of hydrogen-bond donors (Lipinski definition) is 1. The van der Waals surface area contributed by atoms with Crippen molar-refractivity contribution in [2.24, 2.45) is 0 Å². The van der Waals surface area contributed by atoms with Crippen molar-refractivity contribution in [2.45, 2.75) is 26.8 Å². The third kappa shape index (κ3) is 4.25. The van der Waals surface area contributed by atoms with Gasteiger partial charge in [-0.05, 0) is 38.1 Å². The molecule has 0 aromatic heterocycles. The highest BCUT2D eigenvalue weighted by molar-refractivity contribution is 5.95. The number of nitrogens with zero attached hydrogens (tertiary/aromatic N) is 1. The highest BCUT2D eigenvalue weighted by Gasteiger charge is 2.17. The van der Waals surface area contributed by atoms with E-state index in [0.717, 1.165) is 0 Å². The predicted octanol–water partition coefficient (Wildman–Crippen LogP) is 2.68. The molecule has 102 valence electrons. The Bertz CT molecular complexity index is 464. The summed E-state index contributed by atoms with van der Waals surface area (Å²) < 4.78 is 0. The van der Waals surface area contributed by atoms with Crippen LogP contribution in [0.5, 0.6) is 0 Å². The summed E-state index contributed by atoms with van der Waals surface area (Å²) in [7, 11) is 0.